The van der Waals surface area contributed by atoms with Gasteiger partial charge in [0, 0.05) is 12.1 Å². The number of anilines is 1. The number of nitrogens with two attached hydrogens (primary N) is 2. The van der Waals surface area contributed by atoms with Gasteiger partial charge >= 0.3 is 0 Å². The summed E-state index contributed by atoms with van der Waals surface area (Å²) in [7, 11) is 0. The van der Waals surface area contributed by atoms with E-state index in [4.69, 9.17) is 23.7 Å². The highest BCUT2D eigenvalue weighted by Gasteiger charge is 2.08. The van der Waals surface area contributed by atoms with Crippen LogP contribution in [-0.2, 0) is 6.42 Å². The summed E-state index contributed by atoms with van der Waals surface area (Å²) in [5.74, 6) is 0.427. The average molecular weight is 222 g/mol. The third-order valence-corrected chi connectivity index (χ3v) is 2.67. The fraction of sp³-hybridized carbons (Fsp3) is 0.417. The number of aryl methyl sites for hydroxylation is 1. The standard InChI is InChI=1S/C12H18N2S/c1-7(2)10-5-9(6-12(14)15)8(3)4-11(10)13/h4-5,7H,6,13H2,1-3H3,(H2,14,15). The van der Waals surface area contributed by atoms with E-state index >= 15 is 0 Å². The number of hydrogen-bond acceptors (Lipinski definition) is 2. The third kappa shape index (κ3) is 2.93. The van der Waals surface area contributed by atoms with Crippen molar-refractivity contribution in [2.45, 2.75) is 33.1 Å². The molecule has 0 fully saturated rings. The van der Waals surface area contributed by atoms with Gasteiger partial charge in [-0.25, -0.2) is 0 Å². The van der Waals surface area contributed by atoms with Crippen molar-refractivity contribution in [3.63, 3.8) is 0 Å². The number of benzene rings is 1. The van der Waals surface area contributed by atoms with E-state index in [0.29, 0.717) is 17.3 Å². The third-order valence-electron chi connectivity index (χ3n) is 2.53. The molecular weight excluding hydrogens is 204 g/mol. The highest BCUT2D eigenvalue weighted by molar-refractivity contribution is 7.80. The Morgan fingerprint density at radius 3 is 2.47 bits per heavy atom. The molecule has 15 heavy (non-hydrogen) atoms. The van der Waals surface area contributed by atoms with Gasteiger partial charge in [0.15, 0.2) is 0 Å². The van der Waals surface area contributed by atoms with E-state index in [1.807, 2.05) is 13.0 Å². The fourth-order valence-electron chi connectivity index (χ4n) is 1.67. The lowest BCUT2D eigenvalue weighted by molar-refractivity contribution is 0.866. The molecule has 0 amide bonds. The van der Waals surface area contributed by atoms with E-state index in [-0.39, 0.29) is 0 Å². The van der Waals surface area contributed by atoms with Crippen LogP contribution in [0.3, 0.4) is 0 Å². The Bertz CT molecular complexity index is 383. The molecule has 0 bridgehead atoms. The van der Waals surface area contributed by atoms with Gasteiger partial charge < -0.3 is 11.5 Å². The lowest BCUT2D eigenvalue weighted by atomic mass is 9.94. The number of rotatable bonds is 3. The fourth-order valence-corrected chi connectivity index (χ4v) is 1.83. The summed E-state index contributed by atoms with van der Waals surface area (Å²) in [5, 5.41) is 0. The first-order chi connectivity index (χ1) is 6.91. The van der Waals surface area contributed by atoms with Crippen molar-refractivity contribution >= 4 is 22.9 Å². The summed E-state index contributed by atoms with van der Waals surface area (Å²) in [6, 6.07) is 4.12. The normalized spacial score (nSPS) is 10.7. The highest BCUT2D eigenvalue weighted by Crippen LogP contribution is 2.25. The van der Waals surface area contributed by atoms with Gasteiger partial charge in [0.25, 0.3) is 0 Å². The summed E-state index contributed by atoms with van der Waals surface area (Å²) in [5.41, 5.74) is 15.9. The van der Waals surface area contributed by atoms with Crippen LogP contribution in [0.4, 0.5) is 5.69 Å². The van der Waals surface area contributed by atoms with Crippen molar-refractivity contribution in [1.29, 1.82) is 0 Å². The molecule has 2 nitrogen and oxygen atoms in total. The first-order valence-electron chi connectivity index (χ1n) is 5.09. The lowest BCUT2D eigenvalue weighted by Gasteiger charge is -2.14. The van der Waals surface area contributed by atoms with Crippen LogP contribution in [0.25, 0.3) is 0 Å². The van der Waals surface area contributed by atoms with Gasteiger partial charge in [-0.2, -0.15) is 0 Å². The van der Waals surface area contributed by atoms with Crippen molar-refractivity contribution in [1.82, 2.24) is 0 Å². The Labute approximate surface area is 96.7 Å². The summed E-state index contributed by atoms with van der Waals surface area (Å²) < 4.78 is 0. The van der Waals surface area contributed by atoms with E-state index in [9.17, 15) is 0 Å². The second kappa shape index (κ2) is 4.62. The van der Waals surface area contributed by atoms with Crippen LogP contribution >= 0.6 is 12.2 Å². The quantitative estimate of drug-likeness (QED) is 0.610. The monoisotopic (exact) mass is 222 g/mol. The molecule has 0 spiro atoms. The van der Waals surface area contributed by atoms with E-state index in [1.165, 1.54) is 11.1 Å². The Morgan fingerprint density at radius 1 is 1.40 bits per heavy atom. The van der Waals surface area contributed by atoms with Gasteiger partial charge in [0.1, 0.15) is 0 Å². The minimum atomic E-state index is 0.427. The Kier molecular flexibility index (Phi) is 3.69. The molecule has 0 aliphatic rings. The number of hydrogen-bond donors (Lipinski definition) is 2. The summed E-state index contributed by atoms with van der Waals surface area (Å²) >= 11 is 4.93. The summed E-state index contributed by atoms with van der Waals surface area (Å²) in [4.78, 5) is 0.526. The number of nitrogen functional groups attached to an aromatic ring is 1. The van der Waals surface area contributed by atoms with Crippen molar-refractivity contribution in [3.8, 4) is 0 Å². The van der Waals surface area contributed by atoms with E-state index < -0.39 is 0 Å². The van der Waals surface area contributed by atoms with Gasteiger partial charge in [-0.1, -0.05) is 32.1 Å². The van der Waals surface area contributed by atoms with Gasteiger partial charge in [-0.05, 0) is 35.6 Å². The van der Waals surface area contributed by atoms with E-state index in [1.54, 1.807) is 0 Å². The van der Waals surface area contributed by atoms with Crippen molar-refractivity contribution < 1.29 is 0 Å². The van der Waals surface area contributed by atoms with Crippen LogP contribution in [0.5, 0.6) is 0 Å². The van der Waals surface area contributed by atoms with E-state index in [0.717, 1.165) is 11.3 Å². The SMILES string of the molecule is Cc1cc(N)c(C(C)C)cc1CC(N)=S. The molecule has 1 aromatic carbocycles. The molecule has 1 rings (SSSR count). The van der Waals surface area contributed by atoms with E-state index in [2.05, 4.69) is 19.9 Å². The topological polar surface area (TPSA) is 52.0 Å². The predicted molar refractivity (Wildman–Crippen MR) is 70.2 cm³/mol. The second-order valence-electron chi connectivity index (χ2n) is 4.21. The van der Waals surface area contributed by atoms with Crippen molar-refractivity contribution in [2.24, 2.45) is 5.73 Å². The summed E-state index contributed by atoms with van der Waals surface area (Å²) in [6.07, 6.45) is 0.654. The van der Waals surface area contributed by atoms with Gasteiger partial charge in [-0.15, -0.1) is 0 Å². The van der Waals surface area contributed by atoms with Gasteiger partial charge in [0.05, 0.1) is 4.99 Å². The van der Waals surface area contributed by atoms with Crippen LogP contribution in [0.1, 0.15) is 36.5 Å². The Hall–Kier alpha value is -1.09. The molecule has 0 atom stereocenters. The van der Waals surface area contributed by atoms with Crippen LogP contribution in [0, 0.1) is 6.92 Å². The van der Waals surface area contributed by atoms with Crippen molar-refractivity contribution in [2.75, 3.05) is 5.73 Å². The Morgan fingerprint density at radius 2 is 2.00 bits per heavy atom. The zero-order valence-corrected chi connectivity index (χ0v) is 10.3. The minimum absolute atomic E-state index is 0.427. The molecule has 0 saturated heterocycles. The maximum atomic E-state index is 5.96. The lowest BCUT2D eigenvalue weighted by Crippen LogP contribution is -2.12. The summed E-state index contributed by atoms with van der Waals surface area (Å²) in [6.45, 7) is 6.30. The zero-order valence-electron chi connectivity index (χ0n) is 9.50. The predicted octanol–water partition coefficient (Wildman–Crippen LogP) is 2.53. The molecule has 0 aromatic heterocycles. The zero-order chi connectivity index (χ0) is 11.6. The molecule has 3 heteroatoms. The molecule has 0 unspecified atom stereocenters. The molecule has 1 aromatic rings. The maximum Gasteiger partial charge on any atom is 0.0771 e. The highest BCUT2D eigenvalue weighted by atomic mass is 32.1. The van der Waals surface area contributed by atoms with Crippen LogP contribution < -0.4 is 11.5 Å². The molecule has 4 N–H and O–H groups in total. The average Bonchev–Trinajstić information content (AvgIpc) is 2.08. The molecule has 0 saturated carbocycles. The van der Waals surface area contributed by atoms with Crippen LogP contribution in [-0.4, -0.2) is 4.99 Å². The molecule has 82 valence electrons. The minimum Gasteiger partial charge on any atom is -0.398 e. The second-order valence-corrected chi connectivity index (χ2v) is 4.73. The Balaban J connectivity index is 3.17. The molecule has 0 radical (unpaired) electrons. The number of thiocarbonyl (C=S) groups is 1. The van der Waals surface area contributed by atoms with Crippen LogP contribution in [0.2, 0.25) is 0 Å². The van der Waals surface area contributed by atoms with Crippen molar-refractivity contribution in [3.05, 3.63) is 28.8 Å². The molecular formula is C12H18N2S. The first-order valence-corrected chi connectivity index (χ1v) is 5.49. The smallest absolute Gasteiger partial charge is 0.0771 e. The first kappa shape index (κ1) is 12.0. The van der Waals surface area contributed by atoms with Crippen LogP contribution in [0.15, 0.2) is 12.1 Å². The molecule has 0 heterocycles. The largest absolute Gasteiger partial charge is 0.398 e. The maximum absolute atomic E-state index is 5.96. The molecule has 0 aliphatic carbocycles. The molecule has 0 aliphatic heterocycles. The van der Waals surface area contributed by atoms with Gasteiger partial charge in [-0.3, -0.25) is 0 Å². The van der Waals surface area contributed by atoms with Gasteiger partial charge in [0.2, 0.25) is 0 Å².